The number of urea groups is 1. The molecular formula is C20H18BrN3O3. The zero-order chi connectivity index (χ0) is 19.6. The third kappa shape index (κ3) is 4.09. The number of hydrogen-bond acceptors (Lipinski definition) is 4. The second-order valence-electron chi connectivity index (χ2n) is 6.30. The van der Waals surface area contributed by atoms with E-state index in [1.807, 2.05) is 67.5 Å². The van der Waals surface area contributed by atoms with Gasteiger partial charge in [-0.05, 0) is 45.3 Å². The number of carbonyl (C=O) groups excluding carboxylic acids is 3. The predicted molar refractivity (Wildman–Crippen MR) is 107 cm³/mol. The average Bonchev–Trinajstić information content (AvgIpc) is 2.63. The summed E-state index contributed by atoms with van der Waals surface area (Å²) in [6.07, 6.45) is 1.49. The molecule has 0 spiro atoms. The summed E-state index contributed by atoms with van der Waals surface area (Å²) in [6.45, 7) is 0.0966. The summed E-state index contributed by atoms with van der Waals surface area (Å²) < 4.78 is 0.836. The van der Waals surface area contributed by atoms with Crippen molar-refractivity contribution in [2.75, 3.05) is 19.0 Å². The van der Waals surface area contributed by atoms with Crippen molar-refractivity contribution in [2.45, 2.75) is 6.54 Å². The van der Waals surface area contributed by atoms with Crippen molar-refractivity contribution in [1.29, 1.82) is 0 Å². The first-order chi connectivity index (χ1) is 12.9. The van der Waals surface area contributed by atoms with E-state index in [1.165, 1.54) is 6.08 Å². The van der Waals surface area contributed by atoms with Gasteiger partial charge in [0, 0.05) is 18.6 Å². The number of benzene rings is 2. The van der Waals surface area contributed by atoms with Crippen LogP contribution in [0.25, 0.3) is 6.08 Å². The molecule has 0 radical (unpaired) electrons. The van der Waals surface area contributed by atoms with E-state index in [-0.39, 0.29) is 12.1 Å². The molecule has 7 heteroatoms. The number of rotatable bonds is 4. The van der Waals surface area contributed by atoms with Crippen LogP contribution in [-0.4, -0.2) is 36.8 Å². The van der Waals surface area contributed by atoms with Crippen molar-refractivity contribution in [3.63, 3.8) is 0 Å². The fourth-order valence-electron chi connectivity index (χ4n) is 2.75. The fraction of sp³-hybridized carbons (Fsp3) is 0.150. The normalized spacial score (nSPS) is 15.9. The smallest absolute Gasteiger partial charge is 0.331 e. The van der Waals surface area contributed by atoms with Gasteiger partial charge in [-0.15, -0.1) is 0 Å². The summed E-state index contributed by atoms with van der Waals surface area (Å²) in [6, 6.07) is 13.9. The molecule has 0 unspecified atom stereocenters. The molecule has 0 saturated carbocycles. The van der Waals surface area contributed by atoms with Crippen LogP contribution in [0.3, 0.4) is 0 Å². The van der Waals surface area contributed by atoms with Gasteiger partial charge in [-0.2, -0.15) is 0 Å². The topological polar surface area (TPSA) is 69.7 Å². The second-order valence-corrected chi connectivity index (χ2v) is 7.15. The lowest BCUT2D eigenvalue weighted by Gasteiger charge is -2.26. The van der Waals surface area contributed by atoms with Gasteiger partial charge in [0.1, 0.15) is 5.57 Å². The average molecular weight is 428 g/mol. The number of barbiturate groups is 1. The number of halogens is 1. The van der Waals surface area contributed by atoms with Crippen LogP contribution in [0.4, 0.5) is 10.5 Å². The SMILES string of the molecule is CN(C)c1ccc(/C=C2/C(=O)NC(=O)N(Cc3ccccc3)C2=O)cc1Br. The van der Waals surface area contributed by atoms with E-state index >= 15 is 0 Å². The number of hydrogen-bond donors (Lipinski definition) is 1. The van der Waals surface area contributed by atoms with Crippen molar-refractivity contribution in [1.82, 2.24) is 10.2 Å². The summed E-state index contributed by atoms with van der Waals surface area (Å²) in [4.78, 5) is 40.1. The highest BCUT2D eigenvalue weighted by Crippen LogP contribution is 2.27. The molecule has 6 nitrogen and oxygen atoms in total. The standard InChI is InChI=1S/C20H18BrN3O3/c1-23(2)17-9-8-14(11-16(17)21)10-15-18(25)22-20(27)24(19(15)26)12-13-6-4-3-5-7-13/h3-11H,12H2,1-2H3,(H,22,25,27)/b15-10-. The van der Waals surface area contributed by atoms with Crippen LogP contribution in [0.15, 0.2) is 58.6 Å². The number of anilines is 1. The zero-order valence-electron chi connectivity index (χ0n) is 14.9. The van der Waals surface area contributed by atoms with Gasteiger partial charge in [0.15, 0.2) is 0 Å². The van der Waals surface area contributed by atoms with E-state index in [9.17, 15) is 14.4 Å². The van der Waals surface area contributed by atoms with E-state index in [0.717, 1.165) is 20.6 Å². The Hall–Kier alpha value is -2.93. The van der Waals surface area contributed by atoms with Crippen LogP contribution in [0, 0.1) is 0 Å². The van der Waals surface area contributed by atoms with Crippen LogP contribution in [-0.2, 0) is 16.1 Å². The third-order valence-electron chi connectivity index (χ3n) is 4.13. The quantitative estimate of drug-likeness (QED) is 0.600. The lowest BCUT2D eigenvalue weighted by atomic mass is 10.1. The highest BCUT2D eigenvalue weighted by atomic mass is 79.9. The Morgan fingerprint density at radius 2 is 1.78 bits per heavy atom. The molecule has 0 bridgehead atoms. The van der Waals surface area contributed by atoms with Crippen molar-refractivity contribution in [2.24, 2.45) is 0 Å². The van der Waals surface area contributed by atoms with Gasteiger partial charge < -0.3 is 4.90 Å². The number of amides is 4. The van der Waals surface area contributed by atoms with Gasteiger partial charge in [0.05, 0.1) is 12.2 Å². The Morgan fingerprint density at radius 1 is 1.07 bits per heavy atom. The lowest BCUT2D eigenvalue weighted by Crippen LogP contribution is -2.53. The molecule has 0 aromatic heterocycles. The fourth-order valence-corrected chi connectivity index (χ4v) is 3.50. The maximum atomic E-state index is 12.8. The molecule has 1 fully saturated rings. The number of nitrogens with zero attached hydrogens (tertiary/aromatic N) is 2. The Bertz CT molecular complexity index is 939. The van der Waals surface area contributed by atoms with E-state index in [1.54, 1.807) is 0 Å². The second kappa shape index (κ2) is 7.75. The molecule has 27 heavy (non-hydrogen) atoms. The van der Waals surface area contributed by atoms with Crippen molar-refractivity contribution in [3.05, 3.63) is 69.7 Å². The largest absolute Gasteiger partial charge is 0.377 e. The molecule has 4 amide bonds. The third-order valence-corrected chi connectivity index (χ3v) is 4.77. The molecule has 1 N–H and O–H groups in total. The first-order valence-electron chi connectivity index (χ1n) is 8.26. The van der Waals surface area contributed by atoms with Crippen LogP contribution >= 0.6 is 15.9 Å². The van der Waals surface area contributed by atoms with Crippen molar-refractivity contribution < 1.29 is 14.4 Å². The van der Waals surface area contributed by atoms with E-state index in [2.05, 4.69) is 21.2 Å². The Morgan fingerprint density at radius 3 is 2.41 bits per heavy atom. The predicted octanol–water partition coefficient (Wildman–Crippen LogP) is 3.18. The van der Waals surface area contributed by atoms with Gasteiger partial charge in [-0.3, -0.25) is 19.8 Å². The molecule has 2 aromatic rings. The highest BCUT2D eigenvalue weighted by molar-refractivity contribution is 9.10. The maximum absolute atomic E-state index is 12.8. The molecule has 1 aliphatic heterocycles. The molecule has 2 aromatic carbocycles. The van der Waals surface area contributed by atoms with Crippen LogP contribution in [0.1, 0.15) is 11.1 Å². The van der Waals surface area contributed by atoms with E-state index < -0.39 is 17.8 Å². The summed E-state index contributed by atoms with van der Waals surface area (Å²) >= 11 is 3.49. The molecule has 0 aliphatic carbocycles. The van der Waals surface area contributed by atoms with Crippen LogP contribution in [0.5, 0.6) is 0 Å². The molecule has 1 saturated heterocycles. The first kappa shape index (κ1) is 18.8. The number of carbonyl (C=O) groups is 3. The molecule has 138 valence electrons. The first-order valence-corrected chi connectivity index (χ1v) is 9.06. The highest BCUT2D eigenvalue weighted by Gasteiger charge is 2.35. The van der Waals surface area contributed by atoms with Crippen molar-refractivity contribution >= 4 is 45.5 Å². The van der Waals surface area contributed by atoms with Gasteiger partial charge in [0.25, 0.3) is 11.8 Å². The van der Waals surface area contributed by atoms with Crippen molar-refractivity contribution in [3.8, 4) is 0 Å². The minimum Gasteiger partial charge on any atom is -0.377 e. The molecule has 3 rings (SSSR count). The summed E-state index contributed by atoms with van der Waals surface area (Å²) in [7, 11) is 3.84. The summed E-state index contributed by atoms with van der Waals surface area (Å²) in [5.41, 5.74) is 2.38. The Balaban J connectivity index is 1.91. The molecule has 0 atom stereocenters. The van der Waals surface area contributed by atoms with Gasteiger partial charge in [0.2, 0.25) is 0 Å². The number of imide groups is 2. The Labute approximate surface area is 165 Å². The van der Waals surface area contributed by atoms with Gasteiger partial charge >= 0.3 is 6.03 Å². The lowest BCUT2D eigenvalue weighted by molar-refractivity contribution is -0.130. The van der Waals surface area contributed by atoms with Crippen LogP contribution < -0.4 is 10.2 Å². The van der Waals surface area contributed by atoms with E-state index in [0.29, 0.717) is 5.56 Å². The summed E-state index contributed by atoms with van der Waals surface area (Å²) in [5.74, 6) is -1.30. The molecule has 1 aliphatic rings. The monoisotopic (exact) mass is 427 g/mol. The maximum Gasteiger partial charge on any atom is 0.331 e. The summed E-state index contributed by atoms with van der Waals surface area (Å²) in [5, 5.41) is 2.23. The van der Waals surface area contributed by atoms with E-state index in [4.69, 9.17) is 0 Å². The van der Waals surface area contributed by atoms with Crippen LogP contribution in [0.2, 0.25) is 0 Å². The Kier molecular flexibility index (Phi) is 5.41. The minimum absolute atomic E-state index is 0.0740. The van der Waals surface area contributed by atoms with Gasteiger partial charge in [-0.1, -0.05) is 36.4 Å². The number of nitrogens with one attached hydrogen (secondary N) is 1. The zero-order valence-corrected chi connectivity index (χ0v) is 16.5. The molecular weight excluding hydrogens is 410 g/mol. The molecule has 1 heterocycles. The minimum atomic E-state index is -0.713. The van der Waals surface area contributed by atoms with Gasteiger partial charge in [-0.25, -0.2) is 4.79 Å².